The molecule has 0 aliphatic rings. The molecule has 2 aromatic rings. The first-order valence-corrected chi connectivity index (χ1v) is 7.19. The predicted octanol–water partition coefficient (Wildman–Crippen LogP) is 4.06. The lowest BCUT2D eigenvalue weighted by atomic mass is 10.1. The van der Waals surface area contributed by atoms with Crippen LogP contribution >= 0.6 is 22.6 Å². The summed E-state index contributed by atoms with van der Waals surface area (Å²) in [6, 6.07) is 13.5. The monoisotopic (exact) mass is 370 g/mol. The van der Waals surface area contributed by atoms with Crippen molar-refractivity contribution in [3.63, 3.8) is 0 Å². The summed E-state index contributed by atoms with van der Waals surface area (Å²) < 4.78 is 14.1. The van der Waals surface area contributed by atoms with Crippen LogP contribution in [-0.2, 0) is 6.42 Å². The van der Waals surface area contributed by atoms with Gasteiger partial charge in [-0.2, -0.15) is 0 Å². The Bertz CT molecular complexity index is 558. The summed E-state index contributed by atoms with van der Waals surface area (Å²) in [5, 5.41) is 3.26. The molecule has 0 saturated heterocycles. The standard InChI is InChI=1S/C15H16FIN2/c1-10(7-11-5-3-2-4-6-11)19-15-8-12(16)13(17)9-14(15)18/h2-6,8-10,19H,7,18H2,1H3. The van der Waals surface area contributed by atoms with Crippen LogP contribution in [0.4, 0.5) is 15.8 Å². The summed E-state index contributed by atoms with van der Waals surface area (Å²) in [5.74, 6) is -0.246. The van der Waals surface area contributed by atoms with Gasteiger partial charge in [-0.1, -0.05) is 30.3 Å². The van der Waals surface area contributed by atoms with Crippen LogP contribution in [0.15, 0.2) is 42.5 Å². The molecule has 4 heteroatoms. The van der Waals surface area contributed by atoms with E-state index in [9.17, 15) is 4.39 Å². The lowest BCUT2D eigenvalue weighted by molar-refractivity contribution is 0.620. The number of hydrogen-bond donors (Lipinski definition) is 2. The molecule has 0 aliphatic carbocycles. The Morgan fingerprint density at radius 1 is 1.26 bits per heavy atom. The number of benzene rings is 2. The van der Waals surface area contributed by atoms with E-state index in [-0.39, 0.29) is 11.9 Å². The van der Waals surface area contributed by atoms with Crippen molar-refractivity contribution in [2.45, 2.75) is 19.4 Å². The van der Waals surface area contributed by atoms with Crippen LogP contribution in [0.2, 0.25) is 0 Å². The second kappa shape index (κ2) is 6.23. The minimum absolute atomic E-state index is 0.184. The van der Waals surface area contributed by atoms with Gasteiger partial charge in [0, 0.05) is 12.1 Å². The Morgan fingerprint density at radius 3 is 2.63 bits per heavy atom. The zero-order chi connectivity index (χ0) is 13.8. The van der Waals surface area contributed by atoms with Crippen LogP contribution in [0.5, 0.6) is 0 Å². The molecule has 19 heavy (non-hydrogen) atoms. The fourth-order valence-corrected chi connectivity index (χ4v) is 2.46. The van der Waals surface area contributed by atoms with E-state index in [0.29, 0.717) is 14.9 Å². The Morgan fingerprint density at radius 2 is 1.95 bits per heavy atom. The molecule has 0 bridgehead atoms. The topological polar surface area (TPSA) is 38.0 Å². The fourth-order valence-electron chi connectivity index (χ4n) is 1.97. The molecule has 1 unspecified atom stereocenters. The third kappa shape index (κ3) is 3.83. The number of anilines is 2. The number of rotatable bonds is 4. The van der Waals surface area contributed by atoms with Gasteiger partial charge in [0.05, 0.1) is 14.9 Å². The van der Waals surface area contributed by atoms with E-state index in [1.807, 2.05) is 40.8 Å². The average molecular weight is 370 g/mol. The van der Waals surface area contributed by atoms with E-state index >= 15 is 0 Å². The quantitative estimate of drug-likeness (QED) is 0.630. The van der Waals surface area contributed by atoms with Gasteiger partial charge >= 0.3 is 0 Å². The van der Waals surface area contributed by atoms with Crippen molar-refractivity contribution < 1.29 is 4.39 Å². The van der Waals surface area contributed by atoms with Gasteiger partial charge in [0.25, 0.3) is 0 Å². The highest BCUT2D eigenvalue weighted by Crippen LogP contribution is 2.25. The van der Waals surface area contributed by atoms with Gasteiger partial charge in [-0.3, -0.25) is 0 Å². The Hall–Kier alpha value is -1.30. The molecule has 100 valence electrons. The largest absolute Gasteiger partial charge is 0.397 e. The minimum atomic E-state index is -0.246. The summed E-state index contributed by atoms with van der Waals surface area (Å²) in [5.41, 5.74) is 8.37. The third-order valence-corrected chi connectivity index (χ3v) is 3.71. The molecule has 0 aromatic heterocycles. The normalized spacial score (nSPS) is 12.2. The van der Waals surface area contributed by atoms with Crippen LogP contribution in [0.1, 0.15) is 12.5 Å². The lowest BCUT2D eigenvalue weighted by Crippen LogP contribution is -2.19. The van der Waals surface area contributed by atoms with Crippen LogP contribution in [0.25, 0.3) is 0 Å². The van der Waals surface area contributed by atoms with E-state index in [1.165, 1.54) is 11.6 Å². The van der Waals surface area contributed by atoms with Gasteiger partial charge in [0.2, 0.25) is 0 Å². The molecule has 1 atom stereocenters. The molecule has 0 heterocycles. The maximum Gasteiger partial charge on any atom is 0.138 e. The van der Waals surface area contributed by atoms with Crippen LogP contribution < -0.4 is 11.1 Å². The smallest absolute Gasteiger partial charge is 0.138 e. The molecule has 0 spiro atoms. The van der Waals surface area contributed by atoms with Crippen LogP contribution in [0.3, 0.4) is 0 Å². The molecule has 2 nitrogen and oxygen atoms in total. The molecule has 0 aliphatic heterocycles. The van der Waals surface area contributed by atoms with Gasteiger partial charge < -0.3 is 11.1 Å². The first-order valence-electron chi connectivity index (χ1n) is 6.11. The number of nitrogens with two attached hydrogens (primary N) is 1. The summed E-state index contributed by atoms with van der Waals surface area (Å²) in [4.78, 5) is 0. The van der Waals surface area contributed by atoms with Crippen molar-refractivity contribution in [1.82, 2.24) is 0 Å². The molecule has 0 saturated carbocycles. The fraction of sp³-hybridized carbons (Fsp3) is 0.200. The van der Waals surface area contributed by atoms with Gasteiger partial charge in [-0.05, 0) is 47.6 Å². The van der Waals surface area contributed by atoms with E-state index < -0.39 is 0 Å². The summed E-state index contributed by atoms with van der Waals surface area (Å²) >= 11 is 1.94. The van der Waals surface area contributed by atoms with Gasteiger partial charge in [-0.25, -0.2) is 4.39 Å². The Labute approximate surface area is 126 Å². The van der Waals surface area contributed by atoms with Crippen molar-refractivity contribution in [2.75, 3.05) is 11.1 Å². The number of nitrogens with one attached hydrogen (secondary N) is 1. The zero-order valence-electron chi connectivity index (χ0n) is 10.7. The van der Waals surface area contributed by atoms with Crippen molar-refractivity contribution in [1.29, 1.82) is 0 Å². The highest BCUT2D eigenvalue weighted by molar-refractivity contribution is 14.1. The van der Waals surface area contributed by atoms with E-state index in [0.717, 1.165) is 6.42 Å². The van der Waals surface area contributed by atoms with Crippen molar-refractivity contribution in [3.8, 4) is 0 Å². The van der Waals surface area contributed by atoms with Gasteiger partial charge in [0.1, 0.15) is 5.82 Å². The van der Waals surface area contributed by atoms with Crippen LogP contribution in [-0.4, -0.2) is 6.04 Å². The summed E-state index contributed by atoms with van der Waals surface area (Å²) in [6.45, 7) is 2.06. The van der Waals surface area contributed by atoms with E-state index in [4.69, 9.17) is 5.73 Å². The second-order valence-corrected chi connectivity index (χ2v) is 5.75. The second-order valence-electron chi connectivity index (χ2n) is 4.59. The number of nitrogen functional groups attached to an aromatic ring is 1. The number of halogens is 2. The SMILES string of the molecule is CC(Cc1ccccc1)Nc1cc(F)c(I)cc1N. The number of hydrogen-bond acceptors (Lipinski definition) is 2. The first kappa shape index (κ1) is 14.1. The third-order valence-electron chi connectivity index (χ3n) is 2.88. The lowest BCUT2D eigenvalue weighted by Gasteiger charge is -2.17. The molecule has 0 amide bonds. The van der Waals surface area contributed by atoms with E-state index in [2.05, 4.69) is 24.4 Å². The maximum atomic E-state index is 13.5. The average Bonchev–Trinajstić information content (AvgIpc) is 2.37. The molecular formula is C15H16FIN2. The molecule has 0 fully saturated rings. The maximum absolute atomic E-state index is 13.5. The highest BCUT2D eigenvalue weighted by Gasteiger charge is 2.09. The highest BCUT2D eigenvalue weighted by atomic mass is 127. The Balaban J connectivity index is 2.07. The van der Waals surface area contributed by atoms with Crippen molar-refractivity contribution in [3.05, 3.63) is 57.4 Å². The van der Waals surface area contributed by atoms with Crippen molar-refractivity contribution in [2.24, 2.45) is 0 Å². The predicted molar refractivity (Wildman–Crippen MR) is 86.8 cm³/mol. The van der Waals surface area contributed by atoms with Crippen molar-refractivity contribution >= 4 is 34.0 Å². The molecule has 3 N–H and O–H groups in total. The molecule has 2 rings (SSSR count). The Kier molecular flexibility index (Phi) is 4.63. The summed E-state index contributed by atoms with van der Waals surface area (Å²) in [6.07, 6.45) is 0.869. The minimum Gasteiger partial charge on any atom is -0.397 e. The molecule has 2 aromatic carbocycles. The van der Waals surface area contributed by atoms with E-state index in [1.54, 1.807) is 6.07 Å². The summed E-state index contributed by atoms with van der Waals surface area (Å²) in [7, 11) is 0. The zero-order valence-corrected chi connectivity index (χ0v) is 12.8. The van der Waals surface area contributed by atoms with Crippen LogP contribution in [0, 0.1) is 9.39 Å². The first-order chi connectivity index (χ1) is 9.06. The molecular weight excluding hydrogens is 354 g/mol. The van der Waals surface area contributed by atoms with Gasteiger partial charge in [0.15, 0.2) is 0 Å². The molecule has 0 radical (unpaired) electrons. The van der Waals surface area contributed by atoms with Gasteiger partial charge in [-0.15, -0.1) is 0 Å².